The normalized spacial score (nSPS) is 15.3. The minimum atomic E-state index is -0.447. The first-order valence-corrected chi connectivity index (χ1v) is 9.56. The average molecular weight is 396 g/mol. The number of nitro groups is 1. The van der Waals surface area contributed by atoms with Crippen LogP contribution >= 0.6 is 0 Å². The molecule has 0 saturated carbocycles. The van der Waals surface area contributed by atoms with Crippen molar-refractivity contribution in [2.45, 2.75) is 25.8 Å². The van der Waals surface area contributed by atoms with Crippen molar-refractivity contribution >= 4 is 23.2 Å². The van der Waals surface area contributed by atoms with Crippen LogP contribution in [0.1, 0.15) is 30.5 Å². The maximum atomic E-state index is 12.5. The Bertz CT molecular complexity index is 915. The minimum absolute atomic E-state index is 0.00487. The highest BCUT2D eigenvalue weighted by Gasteiger charge is 2.30. The van der Waals surface area contributed by atoms with Crippen LogP contribution in [0.5, 0.6) is 0 Å². The van der Waals surface area contributed by atoms with E-state index in [0.717, 1.165) is 12.0 Å². The summed E-state index contributed by atoms with van der Waals surface area (Å²) >= 11 is 0. The van der Waals surface area contributed by atoms with Gasteiger partial charge in [-0.05, 0) is 23.6 Å². The Kier molecular flexibility index (Phi) is 6.43. The van der Waals surface area contributed by atoms with E-state index in [0.29, 0.717) is 25.3 Å². The third kappa shape index (κ3) is 4.90. The SMILES string of the molecule is CC(=O)N1CCc2ccccc2C1CC(=O)NCCNc1ccccc1[N+](=O)[O-]. The summed E-state index contributed by atoms with van der Waals surface area (Å²) in [5.41, 5.74) is 2.59. The predicted molar refractivity (Wildman–Crippen MR) is 109 cm³/mol. The van der Waals surface area contributed by atoms with Gasteiger partial charge >= 0.3 is 0 Å². The van der Waals surface area contributed by atoms with Gasteiger partial charge in [0.25, 0.3) is 5.69 Å². The number of amides is 2. The molecule has 152 valence electrons. The van der Waals surface area contributed by atoms with Gasteiger partial charge in [-0.2, -0.15) is 0 Å². The standard InChI is InChI=1S/C21H24N4O4/c1-15(26)24-13-10-16-6-2-3-7-17(16)20(24)14-21(27)23-12-11-22-18-8-4-5-9-19(18)25(28)29/h2-9,20,22H,10-14H2,1H3,(H,23,27). The van der Waals surface area contributed by atoms with Crippen LogP contribution in [0.2, 0.25) is 0 Å². The number of nitrogens with one attached hydrogen (secondary N) is 2. The Labute approximate surface area is 169 Å². The summed E-state index contributed by atoms with van der Waals surface area (Å²) < 4.78 is 0. The Morgan fingerprint density at radius 1 is 1.14 bits per heavy atom. The Balaban J connectivity index is 1.56. The number of rotatable bonds is 7. The smallest absolute Gasteiger partial charge is 0.292 e. The first-order valence-electron chi connectivity index (χ1n) is 9.56. The molecular weight excluding hydrogens is 372 g/mol. The molecule has 1 heterocycles. The van der Waals surface area contributed by atoms with E-state index in [1.54, 1.807) is 23.1 Å². The summed E-state index contributed by atoms with van der Waals surface area (Å²) in [5.74, 6) is -0.210. The van der Waals surface area contributed by atoms with E-state index in [1.165, 1.54) is 18.6 Å². The van der Waals surface area contributed by atoms with Crippen LogP contribution in [-0.2, 0) is 16.0 Å². The quantitative estimate of drug-likeness (QED) is 0.425. The molecule has 0 bridgehead atoms. The van der Waals surface area contributed by atoms with Crippen molar-refractivity contribution in [3.63, 3.8) is 0 Å². The molecule has 8 heteroatoms. The fraction of sp³-hybridized carbons (Fsp3) is 0.333. The molecule has 0 saturated heterocycles. The number of carbonyl (C=O) groups excluding carboxylic acids is 2. The molecule has 0 fully saturated rings. The number of nitrogens with zero attached hydrogens (tertiary/aromatic N) is 2. The Hall–Kier alpha value is -3.42. The van der Waals surface area contributed by atoms with E-state index in [-0.39, 0.29) is 30.0 Å². The van der Waals surface area contributed by atoms with Crippen LogP contribution in [0.25, 0.3) is 0 Å². The summed E-state index contributed by atoms with van der Waals surface area (Å²) in [6, 6.07) is 14.0. The molecule has 1 aliphatic rings. The summed E-state index contributed by atoms with van der Waals surface area (Å²) in [5, 5.41) is 16.8. The molecule has 2 aromatic rings. The van der Waals surface area contributed by atoms with Gasteiger partial charge in [-0.3, -0.25) is 19.7 Å². The lowest BCUT2D eigenvalue weighted by molar-refractivity contribution is -0.384. The van der Waals surface area contributed by atoms with Gasteiger partial charge < -0.3 is 15.5 Å². The topological polar surface area (TPSA) is 105 Å². The molecule has 2 aromatic carbocycles. The molecule has 0 aromatic heterocycles. The summed E-state index contributed by atoms with van der Waals surface area (Å²) in [7, 11) is 0. The number of fused-ring (bicyclic) bond motifs is 1. The first-order chi connectivity index (χ1) is 14.0. The Morgan fingerprint density at radius 3 is 2.62 bits per heavy atom. The molecule has 0 aliphatic carbocycles. The highest BCUT2D eigenvalue weighted by atomic mass is 16.6. The van der Waals surface area contributed by atoms with Crippen molar-refractivity contribution in [2.24, 2.45) is 0 Å². The maximum absolute atomic E-state index is 12.5. The molecule has 8 nitrogen and oxygen atoms in total. The number of para-hydroxylation sites is 2. The number of hydrogen-bond acceptors (Lipinski definition) is 5. The molecular formula is C21H24N4O4. The lowest BCUT2D eigenvalue weighted by atomic mass is 9.90. The third-order valence-corrected chi connectivity index (χ3v) is 5.06. The fourth-order valence-electron chi connectivity index (χ4n) is 3.68. The minimum Gasteiger partial charge on any atom is -0.378 e. The van der Waals surface area contributed by atoms with Gasteiger partial charge in [0.2, 0.25) is 11.8 Å². The van der Waals surface area contributed by atoms with Gasteiger partial charge in [-0.25, -0.2) is 0 Å². The second kappa shape index (κ2) is 9.18. The molecule has 1 unspecified atom stereocenters. The zero-order valence-corrected chi connectivity index (χ0v) is 16.3. The van der Waals surface area contributed by atoms with Crippen molar-refractivity contribution in [3.8, 4) is 0 Å². The van der Waals surface area contributed by atoms with E-state index in [9.17, 15) is 19.7 Å². The molecule has 1 atom stereocenters. The number of anilines is 1. The van der Waals surface area contributed by atoms with E-state index in [4.69, 9.17) is 0 Å². The highest BCUT2D eigenvalue weighted by molar-refractivity contribution is 5.79. The third-order valence-electron chi connectivity index (χ3n) is 5.06. The van der Waals surface area contributed by atoms with Gasteiger partial charge in [-0.1, -0.05) is 36.4 Å². The van der Waals surface area contributed by atoms with Crippen LogP contribution in [0.3, 0.4) is 0 Å². The van der Waals surface area contributed by atoms with Crippen molar-refractivity contribution in [2.75, 3.05) is 25.0 Å². The number of nitro benzene ring substituents is 1. The number of carbonyl (C=O) groups is 2. The van der Waals surface area contributed by atoms with Crippen molar-refractivity contribution in [1.29, 1.82) is 0 Å². The lowest BCUT2D eigenvalue weighted by Crippen LogP contribution is -2.41. The van der Waals surface area contributed by atoms with E-state index in [1.807, 2.05) is 24.3 Å². The van der Waals surface area contributed by atoms with Crippen LogP contribution < -0.4 is 10.6 Å². The summed E-state index contributed by atoms with van der Waals surface area (Å²) in [6.45, 7) is 2.80. The Morgan fingerprint density at radius 2 is 1.86 bits per heavy atom. The summed E-state index contributed by atoms with van der Waals surface area (Å²) in [4.78, 5) is 36.9. The zero-order chi connectivity index (χ0) is 20.8. The summed E-state index contributed by atoms with van der Waals surface area (Å²) in [6.07, 6.45) is 0.968. The second-order valence-corrected chi connectivity index (χ2v) is 6.93. The highest BCUT2D eigenvalue weighted by Crippen LogP contribution is 2.32. The van der Waals surface area contributed by atoms with E-state index >= 15 is 0 Å². The van der Waals surface area contributed by atoms with Crippen LogP contribution in [0.4, 0.5) is 11.4 Å². The monoisotopic (exact) mass is 396 g/mol. The van der Waals surface area contributed by atoms with Gasteiger partial charge in [0.1, 0.15) is 5.69 Å². The number of benzene rings is 2. The molecule has 0 radical (unpaired) electrons. The molecule has 29 heavy (non-hydrogen) atoms. The second-order valence-electron chi connectivity index (χ2n) is 6.93. The average Bonchev–Trinajstić information content (AvgIpc) is 2.71. The van der Waals surface area contributed by atoms with Crippen molar-refractivity contribution in [1.82, 2.24) is 10.2 Å². The molecule has 1 aliphatic heterocycles. The van der Waals surface area contributed by atoms with Crippen molar-refractivity contribution in [3.05, 3.63) is 69.8 Å². The molecule has 3 rings (SSSR count). The van der Waals surface area contributed by atoms with Gasteiger partial charge in [0.05, 0.1) is 17.4 Å². The predicted octanol–water partition coefficient (Wildman–Crippen LogP) is 2.66. The van der Waals surface area contributed by atoms with E-state index < -0.39 is 4.92 Å². The molecule has 0 spiro atoms. The van der Waals surface area contributed by atoms with Gasteiger partial charge in [-0.15, -0.1) is 0 Å². The first kappa shape index (κ1) is 20.3. The molecule has 2 amide bonds. The van der Waals surface area contributed by atoms with Crippen LogP contribution in [-0.4, -0.2) is 41.3 Å². The van der Waals surface area contributed by atoms with Crippen LogP contribution in [0, 0.1) is 10.1 Å². The number of hydrogen-bond donors (Lipinski definition) is 2. The van der Waals surface area contributed by atoms with Crippen molar-refractivity contribution < 1.29 is 14.5 Å². The zero-order valence-electron chi connectivity index (χ0n) is 16.3. The maximum Gasteiger partial charge on any atom is 0.292 e. The van der Waals surface area contributed by atoms with Gasteiger partial charge in [0, 0.05) is 32.6 Å². The fourth-order valence-corrected chi connectivity index (χ4v) is 3.68. The van der Waals surface area contributed by atoms with Crippen LogP contribution in [0.15, 0.2) is 48.5 Å². The molecule has 2 N–H and O–H groups in total. The van der Waals surface area contributed by atoms with Gasteiger partial charge in [0.15, 0.2) is 0 Å². The lowest BCUT2D eigenvalue weighted by Gasteiger charge is -2.36. The largest absolute Gasteiger partial charge is 0.378 e. The van der Waals surface area contributed by atoms with E-state index in [2.05, 4.69) is 10.6 Å².